The van der Waals surface area contributed by atoms with Crippen LogP contribution in [0.2, 0.25) is 0 Å². The Bertz CT molecular complexity index is 1260. The van der Waals surface area contributed by atoms with Gasteiger partial charge in [0.25, 0.3) is 5.91 Å². The van der Waals surface area contributed by atoms with Gasteiger partial charge in [0.1, 0.15) is 0 Å². The van der Waals surface area contributed by atoms with Crippen LogP contribution in [-0.2, 0) is 0 Å². The number of amides is 1. The number of hydrogen-bond acceptors (Lipinski definition) is 4. The molecule has 1 fully saturated rings. The van der Waals surface area contributed by atoms with E-state index < -0.39 is 0 Å². The number of nitrogens with one attached hydrogen (secondary N) is 1. The molecule has 1 heterocycles. The number of nitrogens with zero attached hydrogens (tertiary/aromatic N) is 2. The van der Waals surface area contributed by atoms with E-state index in [1.54, 1.807) is 6.07 Å². The normalized spacial score (nSPS) is 15.1. The molecule has 5 heteroatoms. The fraction of sp³-hybridized carbons (Fsp3) is 0.333. The van der Waals surface area contributed by atoms with Crippen LogP contribution in [0, 0.1) is 13.8 Å². The number of carbonyl (C=O) groups is 2. The Hall–Kier alpha value is -3.44. The van der Waals surface area contributed by atoms with E-state index in [1.807, 2.05) is 36.4 Å². The number of aryl methyl sites for hydroxylation is 1. The van der Waals surface area contributed by atoms with E-state index in [9.17, 15) is 9.59 Å². The Kier molecular flexibility index (Phi) is 6.69. The zero-order chi connectivity index (χ0) is 24.4. The number of carbonyl (C=O) groups excluding carboxylic acids is 2. The standard InChI is InChI=1S/C30H33N3O2/c1-21-8-7-11-28(22(21)2)33-18-16-32(17-19-33)15-6-5-14-31-30(35)23-12-13-25-24-9-3-4-10-26(24)29(34)27(25)20-23/h3-4,7-13,20H,5-6,14-19H2,1-2H3,(H,31,35). The lowest BCUT2D eigenvalue weighted by Gasteiger charge is -2.37. The van der Waals surface area contributed by atoms with Crippen LogP contribution in [0.4, 0.5) is 5.69 Å². The number of piperazine rings is 1. The second-order valence-corrected chi connectivity index (χ2v) is 9.65. The van der Waals surface area contributed by atoms with Crippen molar-refractivity contribution in [3.63, 3.8) is 0 Å². The topological polar surface area (TPSA) is 52.6 Å². The highest BCUT2D eigenvalue weighted by Gasteiger charge is 2.27. The number of hydrogen-bond donors (Lipinski definition) is 1. The Morgan fingerprint density at radius 2 is 1.57 bits per heavy atom. The summed E-state index contributed by atoms with van der Waals surface area (Å²) in [7, 11) is 0. The van der Waals surface area contributed by atoms with Crippen LogP contribution >= 0.6 is 0 Å². The van der Waals surface area contributed by atoms with Crippen molar-refractivity contribution in [2.75, 3.05) is 44.2 Å². The predicted octanol–water partition coefficient (Wildman–Crippen LogP) is 4.85. The summed E-state index contributed by atoms with van der Waals surface area (Å²) < 4.78 is 0. The van der Waals surface area contributed by atoms with Gasteiger partial charge in [-0.3, -0.25) is 14.5 Å². The minimum absolute atomic E-state index is 0.00269. The molecule has 3 aromatic rings. The van der Waals surface area contributed by atoms with Gasteiger partial charge in [-0.1, -0.05) is 42.5 Å². The molecule has 0 saturated carbocycles. The summed E-state index contributed by atoms with van der Waals surface area (Å²) in [5, 5.41) is 3.03. The third-order valence-corrected chi connectivity index (χ3v) is 7.46. The van der Waals surface area contributed by atoms with Gasteiger partial charge in [-0.25, -0.2) is 0 Å². The van der Waals surface area contributed by atoms with Crippen molar-refractivity contribution in [3.8, 4) is 11.1 Å². The van der Waals surface area contributed by atoms with Gasteiger partial charge in [-0.05, 0) is 73.7 Å². The molecule has 3 aromatic carbocycles. The first-order valence-corrected chi connectivity index (χ1v) is 12.6. The zero-order valence-electron chi connectivity index (χ0n) is 20.6. The molecule has 2 aliphatic rings. The number of ketones is 1. The molecule has 1 aliphatic carbocycles. The molecular formula is C30H33N3O2. The van der Waals surface area contributed by atoms with E-state index in [-0.39, 0.29) is 11.7 Å². The Balaban J connectivity index is 1.05. The molecule has 1 amide bonds. The molecule has 5 rings (SSSR count). The smallest absolute Gasteiger partial charge is 0.251 e. The summed E-state index contributed by atoms with van der Waals surface area (Å²) >= 11 is 0. The lowest BCUT2D eigenvalue weighted by molar-refractivity contribution is 0.0952. The molecule has 0 unspecified atom stereocenters. The molecule has 1 saturated heterocycles. The molecule has 0 aromatic heterocycles. The molecule has 35 heavy (non-hydrogen) atoms. The van der Waals surface area contributed by atoms with Crippen LogP contribution < -0.4 is 10.2 Å². The van der Waals surface area contributed by atoms with E-state index in [0.29, 0.717) is 17.7 Å². The fourth-order valence-corrected chi connectivity index (χ4v) is 5.22. The quantitative estimate of drug-likeness (QED) is 0.395. The van der Waals surface area contributed by atoms with E-state index in [2.05, 4.69) is 47.2 Å². The maximum atomic E-state index is 12.7. The third-order valence-electron chi connectivity index (χ3n) is 7.46. The Morgan fingerprint density at radius 3 is 2.37 bits per heavy atom. The summed E-state index contributed by atoms with van der Waals surface area (Å²) in [6, 6.07) is 19.6. The van der Waals surface area contributed by atoms with Crippen LogP contribution in [0.1, 0.15) is 50.2 Å². The van der Waals surface area contributed by atoms with E-state index in [4.69, 9.17) is 0 Å². The molecular weight excluding hydrogens is 434 g/mol. The van der Waals surface area contributed by atoms with E-state index >= 15 is 0 Å². The van der Waals surface area contributed by atoms with Gasteiger partial charge >= 0.3 is 0 Å². The molecule has 0 radical (unpaired) electrons. The lowest BCUT2D eigenvalue weighted by Crippen LogP contribution is -2.47. The summed E-state index contributed by atoms with van der Waals surface area (Å²) in [4.78, 5) is 30.4. The SMILES string of the molecule is Cc1cccc(N2CCN(CCCCNC(=O)c3ccc4c(c3)C(=O)c3ccccc3-4)CC2)c1C. The first-order chi connectivity index (χ1) is 17.0. The monoisotopic (exact) mass is 467 g/mol. The molecule has 0 atom stereocenters. The first kappa shape index (κ1) is 23.3. The van der Waals surface area contributed by atoms with Gasteiger partial charge in [0, 0.05) is 55.1 Å². The van der Waals surface area contributed by atoms with E-state index in [1.165, 1.54) is 16.8 Å². The van der Waals surface area contributed by atoms with Gasteiger partial charge in [0.2, 0.25) is 0 Å². The molecule has 1 aliphatic heterocycles. The second kappa shape index (κ2) is 10.0. The van der Waals surface area contributed by atoms with Crippen LogP contribution in [-0.4, -0.2) is 55.9 Å². The van der Waals surface area contributed by atoms with Gasteiger partial charge in [0.15, 0.2) is 5.78 Å². The summed E-state index contributed by atoms with van der Waals surface area (Å²) in [5.41, 5.74) is 7.86. The average Bonchev–Trinajstić information content (AvgIpc) is 3.17. The first-order valence-electron chi connectivity index (χ1n) is 12.6. The third kappa shape index (κ3) is 4.73. The predicted molar refractivity (Wildman–Crippen MR) is 141 cm³/mol. The zero-order valence-corrected chi connectivity index (χ0v) is 20.6. The number of fused-ring (bicyclic) bond motifs is 3. The maximum absolute atomic E-state index is 12.7. The maximum Gasteiger partial charge on any atom is 0.251 e. The van der Waals surface area contributed by atoms with Crippen molar-refractivity contribution in [1.29, 1.82) is 0 Å². The van der Waals surface area contributed by atoms with Crippen molar-refractivity contribution in [2.24, 2.45) is 0 Å². The highest BCUT2D eigenvalue weighted by Crippen LogP contribution is 2.36. The fourth-order valence-electron chi connectivity index (χ4n) is 5.22. The van der Waals surface area contributed by atoms with Gasteiger partial charge in [-0.15, -0.1) is 0 Å². The molecule has 0 bridgehead atoms. The van der Waals surface area contributed by atoms with Crippen molar-refractivity contribution in [3.05, 3.63) is 88.5 Å². The van der Waals surface area contributed by atoms with Crippen LogP contribution in [0.5, 0.6) is 0 Å². The number of unbranched alkanes of at least 4 members (excludes halogenated alkanes) is 1. The van der Waals surface area contributed by atoms with Crippen molar-refractivity contribution in [1.82, 2.24) is 10.2 Å². The van der Waals surface area contributed by atoms with Crippen LogP contribution in [0.3, 0.4) is 0 Å². The largest absolute Gasteiger partial charge is 0.369 e. The average molecular weight is 468 g/mol. The van der Waals surface area contributed by atoms with Crippen LogP contribution in [0.25, 0.3) is 11.1 Å². The molecule has 1 N–H and O–H groups in total. The minimum Gasteiger partial charge on any atom is -0.369 e. The van der Waals surface area contributed by atoms with E-state index in [0.717, 1.165) is 62.3 Å². The van der Waals surface area contributed by atoms with Crippen LogP contribution in [0.15, 0.2) is 60.7 Å². The summed E-state index contributed by atoms with van der Waals surface area (Å²) in [6.45, 7) is 10.4. The second-order valence-electron chi connectivity index (χ2n) is 9.65. The lowest BCUT2D eigenvalue weighted by atomic mass is 10.0. The number of benzene rings is 3. The highest BCUT2D eigenvalue weighted by atomic mass is 16.1. The Labute approximate surface area is 207 Å². The molecule has 5 nitrogen and oxygen atoms in total. The number of rotatable bonds is 7. The molecule has 0 spiro atoms. The number of anilines is 1. The van der Waals surface area contributed by atoms with Gasteiger partial charge < -0.3 is 10.2 Å². The summed E-state index contributed by atoms with van der Waals surface area (Å²) in [6.07, 6.45) is 2.00. The summed E-state index contributed by atoms with van der Waals surface area (Å²) in [5.74, 6) is -0.110. The van der Waals surface area contributed by atoms with Gasteiger partial charge in [0.05, 0.1) is 0 Å². The highest BCUT2D eigenvalue weighted by molar-refractivity contribution is 6.22. The van der Waals surface area contributed by atoms with Crippen molar-refractivity contribution >= 4 is 17.4 Å². The minimum atomic E-state index is -0.112. The molecule has 180 valence electrons. The van der Waals surface area contributed by atoms with Gasteiger partial charge in [-0.2, -0.15) is 0 Å². The Morgan fingerprint density at radius 1 is 0.829 bits per heavy atom. The van der Waals surface area contributed by atoms with Crippen molar-refractivity contribution < 1.29 is 9.59 Å². The van der Waals surface area contributed by atoms with Crippen molar-refractivity contribution in [2.45, 2.75) is 26.7 Å².